The molecule has 2 aliphatic rings. The van der Waals surface area contributed by atoms with Crippen LogP contribution in [-0.4, -0.2) is 5.11 Å². The quantitative estimate of drug-likeness (QED) is 0.811. The van der Waals surface area contributed by atoms with Crippen LogP contribution in [0.1, 0.15) is 31.4 Å². The summed E-state index contributed by atoms with van der Waals surface area (Å²) in [5, 5.41) is 11.9. The van der Waals surface area contributed by atoms with E-state index in [1.54, 1.807) is 0 Å². The van der Waals surface area contributed by atoms with Crippen molar-refractivity contribution in [2.45, 2.75) is 31.3 Å². The van der Waals surface area contributed by atoms with Crippen LogP contribution in [0.15, 0.2) is 34.7 Å². The maximum atomic E-state index is 10.8. The van der Waals surface area contributed by atoms with Crippen LogP contribution in [0.4, 0.5) is 0 Å². The molecule has 0 bridgehead atoms. The molecule has 1 heterocycles. The third kappa shape index (κ3) is 1.19. The van der Waals surface area contributed by atoms with Crippen LogP contribution < -0.4 is 0 Å². The maximum Gasteiger partial charge on any atom is 0.137 e. The molecule has 2 atom stereocenters. The summed E-state index contributed by atoms with van der Waals surface area (Å²) in [4.78, 5) is 0. The number of furan rings is 1. The van der Waals surface area contributed by atoms with Crippen LogP contribution in [0, 0.1) is 11.8 Å². The van der Waals surface area contributed by atoms with E-state index in [-0.39, 0.29) is 0 Å². The zero-order valence-electron chi connectivity index (χ0n) is 9.73. The van der Waals surface area contributed by atoms with Gasteiger partial charge >= 0.3 is 0 Å². The minimum atomic E-state index is -0.657. The van der Waals surface area contributed by atoms with Gasteiger partial charge in [0, 0.05) is 17.2 Å². The van der Waals surface area contributed by atoms with E-state index in [0.717, 1.165) is 29.6 Å². The highest BCUT2D eigenvalue weighted by molar-refractivity contribution is 5.78. The molecule has 0 amide bonds. The average Bonchev–Trinajstić information content (AvgIpc) is 2.80. The molecule has 0 radical (unpaired) electrons. The maximum absolute atomic E-state index is 10.8. The van der Waals surface area contributed by atoms with Gasteiger partial charge in [-0.2, -0.15) is 0 Å². The molecule has 2 unspecified atom stereocenters. The molecule has 2 aromatic rings. The lowest BCUT2D eigenvalue weighted by Gasteiger charge is -2.05. The average molecular weight is 228 g/mol. The van der Waals surface area contributed by atoms with Crippen LogP contribution in [0.3, 0.4) is 0 Å². The Bertz CT molecular complexity index is 524. The SMILES string of the molecule is OC1(c2cc3ccccc3o2)C2CCCCC21. The molecule has 1 aromatic carbocycles. The predicted octanol–water partition coefficient (Wildman–Crippen LogP) is 3.44. The lowest BCUT2D eigenvalue weighted by Crippen LogP contribution is -2.08. The van der Waals surface area contributed by atoms with E-state index >= 15 is 0 Å². The number of aliphatic hydroxyl groups is 1. The van der Waals surface area contributed by atoms with Gasteiger partial charge < -0.3 is 9.52 Å². The molecule has 2 fully saturated rings. The van der Waals surface area contributed by atoms with E-state index < -0.39 is 5.60 Å². The van der Waals surface area contributed by atoms with Crippen LogP contribution in [0.5, 0.6) is 0 Å². The van der Waals surface area contributed by atoms with E-state index in [0.29, 0.717) is 11.8 Å². The standard InChI is InChI=1S/C15H16O2/c16-15(11-6-2-3-7-12(11)15)14-9-10-5-1-4-8-13(10)17-14/h1,4-5,8-9,11-12,16H,2-3,6-7H2. The molecule has 17 heavy (non-hydrogen) atoms. The van der Waals surface area contributed by atoms with Gasteiger partial charge in [-0.3, -0.25) is 0 Å². The van der Waals surface area contributed by atoms with Crippen LogP contribution in [0.2, 0.25) is 0 Å². The molecule has 4 rings (SSSR count). The van der Waals surface area contributed by atoms with Gasteiger partial charge in [0.15, 0.2) is 0 Å². The van der Waals surface area contributed by atoms with Gasteiger partial charge in [-0.25, -0.2) is 0 Å². The molecule has 0 saturated heterocycles. The molecule has 1 N–H and O–H groups in total. The van der Waals surface area contributed by atoms with Gasteiger partial charge in [-0.05, 0) is 25.0 Å². The number of benzene rings is 1. The minimum absolute atomic E-state index is 0.441. The van der Waals surface area contributed by atoms with Crippen molar-refractivity contribution in [3.63, 3.8) is 0 Å². The van der Waals surface area contributed by atoms with Crippen LogP contribution in [-0.2, 0) is 5.60 Å². The molecule has 2 nitrogen and oxygen atoms in total. The Hall–Kier alpha value is -1.28. The second-order valence-corrected chi connectivity index (χ2v) is 5.47. The molecular formula is C15H16O2. The van der Waals surface area contributed by atoms with Crippen molar-refractivity contribution in [2.75, 3.05) is 0 Å². The number of rotatable bonds is 1. The van der Waals surface area contributed by atoms with E-state index in [4.69, 9.17) is 4.42 Å². The first-order valence-corrected chi connectivity index (χ1v) is 6.51. The fourth-order valence-corrected chi connectivity index (χ4v) is 3.64. The summed E-state index contributed by atoms with van der Waals surface area (Å²) in [7, 11) is 0. The van der Waals surface area contributed by atoms with Gasteiger partial charge in [-0.1, -0.05) is 31.0 Å². The van der Waals surface area contributed by atoms with Gasteiger partial charge in [-0.15, -0.1) is 0 Å². The Labute approximate surface area is 100 Å². The second kappa shape index (κ2) is 3.14. The molecule has 0 spiro atoms. The van der Waals surface area contributed by atoms with Crippen molar-refractivity contribution >= 4 is 11.0 Å². The lowest BCUT2D eigenvalue weighted by atomic mass is 10.0. The number of hydrogen-bond donors (Lipinski definition) is 1. The highest BCUT2D eigenvalue weighted by Crippen LogP contribution is 2.64. The first-order chi connectivity index (χ1) is 8.30. The summed E-state index contributed by atoms with van der Waals surface area (Å²) in [6.07, 6.45) is 4.81. The third-order valence-electron chi connectivity index (χ3n) is 4.61. The normalized spacial score (nSPS) is 35.8. The Kier molecular flexibility index (Phi) is 1.79. The lowest BCUT2D eigenvalue weighted by molar-refractivity contribution is 0.0939. The Balaban J connectivity index is 1.79. The van der Waals surface area contributed by atoms with E-state index in [1.807, 2.05) is 30.3 Å². The van der Waals surface area contributed by atoms with Crippen molar-refractivity contribution in [2.24, 2.45) is 11.8 Å². The van der Waals surface area contributed by atoms with Crippen molar-refractivity contribution in [1.82, 2.24) is 0 Å². The van der Waals surface area contributed by atoms with E-state index in [1.165, 1.54) is 12.8 Å². The van der Waals surface area contributed by atoms with Crippen LogP contribution in [0.25, 0.3) is 11.0 Å². The Morgan fingerprint density at radius 2 is 1.82 bits per heavy atom. The molecule has 2 heteroatoms. The third-order valence-corrected chi connectivity index (χ3v) is 4.61. The van der Waals surface area contributed by atoms with E-state index in [9.17, 15) is 5.11 Å². The monoisotopic (exact) mass is 228 g/mol. The number of fused-ring (bicyclic) bond motifs is 2. The zero-order valence-corrected chi connectivity index (χ0v) is 9.73. The van der Waals surface area contributed by atoms with Gasteiger partial charge in [0.2, 0.25) is 0 Å². The fraction of sp³-hybridized carbons (Fsp3) is 0.467. The number of hydrogen-bond acceptors (Lipinski definition) is 2. The highest BCUT2D eigenvalue weighted by atomic mass is 16.4. The summed E-state index contributed by atoms with van der Waals surface area (Å²) in [5.74, 6) is 1.67. The first-order valence-electron chi connectivity index (χ1n) is 6.51. The molecule has 0 aliphatic heterocycles. The largest absolute Gasteiger partial charge is 0.458 e. The smallest absolute Gasteiger partial charge is 0.137 e. The molecule has 1 aromatic heterocycles. The first kappa shape index (κ1) is 9.72. The zero-order chi connectivity index (χ0) is 11.5. The molecule has 88 valence electrons. The van der Waals surface area contributed by atoms with E-state index in [2.05, 4.69) is 0 Å². The number of para-hydroxylation sites is 1. The van der Waals surface area contributed by atoms with Crippen molar-refractivity contribution in [3.05, 3.63) is 36.1 Å². The van der Waals surface area contributed by atoms with Crippen molar-refractivity contribution in [1.29, 1.82) is 0 Å². The summed E-state index contributed by atoms with van der Waals surface area (Å²) in [6.45, 7) is 0. The Morgan fingerprint density at radius 1 is 1.12 bits per heavy atom. The highest BCUT2D eigenvalue weighted by Gasteiger charge is 2.66. The van der Waals surface area contributed by atoms with Crippen LogP contribution >= 0.6 is 0 Å². The molecule has 2 saturated carbocycles. The minimum Gasteiger partial charge on any atom is -0.458 e. The fourth-order valence-electron chi connectivity index (χ4n) is 3.64. The summed E-state index contributed by atoms with van der Waals surface area (Å²) in [6, 6.07) is 10.0. The van der Waals surface area contributed by atoms with Crippen molar-refractivity contribution < 1.29 is 9.52 Å². The summed E-state index contributed by atoms with van der Waals surface area (Å²) in [5.41, 5.74) is 0.231. The Morgan fingerprint density at radius 3 is 2.53 bits per heavy atom. The summed E-state index contributed by atoms with van der Waals surface area (Å²) < 4.78 is 5.84. The molecule has 2 aliphatic carbocycles. The summed E-state index contributed by atoms with van der Waals surface area (Å²) >= 11 is 0. The topological polar surface area (TPSA) is 33.4 Å². The van der Waals surface area contributed by atoms with Gasteiger partial charge in [0.25, 0.3) is 0 Å². The van der Waals surface area contributed by atoms with Gasteiger partial charge in [0.1, 0.15) is 16.9 Å². The van der Waals surface area contributed by atoms with Gasteiger partial charge in [0.05, 0.1) is 0 Å². The predicted molar refractivity (Wildman–Crippen MR) is 65.6 cm³/mol. The van der Waals surface area contributed by atoms with Crippen molar-refractivity contribution in [3.8, 4) is 0 Å². The second-order valence-electron chi connectivity index (χ2n) is 5.47. The molecular weight excluding hydrogens is 212 g/mol.